The van der Waals surface area contributed by atoms with Crippen molar-refractivity contribution in [3.63, 3.8) is 0 Å². The number of ether oxygens (including phenoxy) is 1. The molecule has 0 amide bonds. The van der Waals surface area contributed by atoms with E-state index in [-0.39, 0.29) is 5.82 Å². The van der Waals surface area contributed by atoms with Crippen LogP contribution in [-0.2, 0) is 13.2 Å². The fourth-order valence-electron chi connectivity index (χ4n) is 1.70. The molecule has 1 aliphatic carbocycles. The van der Waals surface area contributed by atoms with E-state index in [1.54, 1.807) is 23.5 Å². The van der Waals surface area contributed by atoms with E-state index >= 15 is 0 Å². The Labute approximate surface area is 115 Å². The topological polar surface area (TPSA) is 34.1 Å². The number of hydrogen-bond donors (Lipinski definition) is 1. The van der Waals surface area contributed by atoms with Crippen molar-refractivity contribution in [1.82, 2.24) is 10.3 Å². The first kappa shape index (κ1) is 12.6. The van der Waals surface area contributed by atoms with Crippen molar-refractivity contribution in [2.45, 2.75) is 32.0 Å². The zero-order valence-corrected chi connectivity index (χ0v) is 11.3. The van der Waals surface area contributed by atoms with Crippen LogP contribution < -0.4 is 10.1 Å². The Morgan fingerprint density at radius 3 is 2.84 bits per heavy atom. The molecule has 19 heavy (non-hydrogen) atoms. The highest BCUT2D eigenvalue weighted by molar-refractivity contribution is 7.09. The van der Waals surface area contributed by atoms with Crippen molar-refractivity contribution >= 4 is 11.3 Å². The Morgan fingerprint density at radius 2 is 2.11 bits per heavy atom. The number of hydrogen-bond acceptors (Lipinski definition) is 4. The van der Waals surface area contributed by atoms with E-state index in [1.165, 1.54) is 25.0 Å². The highest BCUT2D eigenvalue weighted by Crippen LogP contribution is 2.20. The predicted molar refractivity (Wildman–Crippen MR) is 72.7 cm³/mol. The number of benzene rings is 1. The molecule has 1 N–H and O–H groups in total. The molecule has 0 spiro atoms. The van der Waals surface area contributed by atoms with Gasteiger partial charge in [-0.25, -0.2) is 9.37 Å². The van der Waals surface area contributed by atoms with Crippen LogP contribution in [0.2, 0.25) is 0 Å². The molecule has 5 heteroatoms. The first-order valence-corrected chi connectivity index (χ1v) is 7.22. The Kier molecular flexibility index (Phi) is 3.75. The molecule has 0 aliphatic heterocycles. The lowest BCUT2D eigenvalue weighted by Crippen LogP contribution is -2.15. The summed E-state index contributed by atoms with van der Waals surface area (Å²) in [6.07, 6.45) is 2.57. The van der Waals surface area contributed by atoms with E-state index in [4.69, 9.17) is 4.74 Å². The fourth-order valence-corrected chi connectivity index (χ4v) is 2.43. The summed E-state index contributed by atoms with van der Waals surface area (Å²) in [4.78, 5) is 4.50. The smallest absolute Gasteiger partial charge is 0.131 e. The minimum atomic E-state index is -0.255. The molecular weight excluding hydrogens is 263 g/mol. The van der Waals surface area contributed by atoms with E-state index in [9.17, 15) is 4.39 Å². The van der Waals surface area contributed by atoms with Crippen LogP contribution in [-0.4, -0.2) is 11.0 Å². The van der Waals surface area contributed by atoms with Gasteiger partial charge in [0.25, 0.3) is 0 Å². The highest BCUT2D eigenvalue weighted by atomic mass is 32.1. The lowest BCUT2D eigenvalue weighted by atomic mass is 10.3. The molecule has 1 saturated carbocycles. The number of thiazole rings is 1. The molecule has 1 aliphatic rings. The van der Waals surface area contributed by atoms with Gasteiger partial charge in [-0.15, -0.1) is 11.3 Å². The quantitative estimate of drug-likeness (QED) is 0.881. The van der Waals surface area contributed by atoms with Crippen molar-refractivity contribution in [1.29, 1.82) is 0 Å². The Morgan fingerprint density at radius 1 is 1.32 bits per heavy atom. The first-order valence-electron chi connectivity index (χ1n) is 6.34. The number of nitrogens with zero attached hydrogens (tertiary/aromatic N) is 1. The lowest BCUT2D eigenvalue weighted by molar-refractivity contribution is 0.301. The van der Waals surface area contributed by atoms with Gasteiger partial charge in [0.2, 0.25) is 0 Å². The van der Waals surface area contributed by atoms with E-state index < -0.39 is 0 Å². The maximum Gasteiger partial charge on any atom is 0.131 e. The summed E-state index contributed by atoms with van der Waals surface area (Å²) >= 11 is 1.64. The molecule has 0 atom stereocenters. The zero-order valence-electron chi connectivity index (χ0n) is 10.4. The summed E-state index contributed by atoms with van der Waals surface area (Å²) in [6, 6.07) is 6.72. The molecule has 100 valence electrons. The van der Waals surface area contributed by atoms with Gasteiger partial charge in [0, 0.05) is 18.0 Å². The van der Waals surface area contributed by atoms with Gasteiger partial charge < -0.3 is 10.1 Å². The number of nitrogens with one attached hydrogen (secondary N) is 1. The summed E-state index contributed by atoms with van der Waals surface area (Å²) < 4.78 is 18.3. The zero-order chi connectivity index (χ0) is 13.1. The molecule has 0 saturated heterocycles. The van der Waals surface area contributed by atoms with Crippen LogP contribution in [0.3, 0.4) is 0 Å². The summed E-state index contributed by atoms with van der Waals surface area (Å²) in [6.45, 7) is 1.26. The lowest BCUT2D eigenvalue weighted by Gasteiger charge is -2.03. The predicted octanol–water partition coefficient (Wildman–Crippen LogP) is 3.11. The van der Waals surface area contributed by atoms with Gasteiger partial charge in [0.05, 0.1) is 5.69 Å². The van der Waals surface area contributed by atoms with E-state index in [2.05, 4.69) is 10.3 Å². The van der Waals surface area contributed by atoms with Crippen molar-refractivity contribution in [2.24, 2.45) is 0 Å². The highest BCUT2D eigenvalue weighted by Gasteiger charge is 2.20. The third kappa shape index (κ3) is 3.75. The molecule has 3 nitrogen and oxygen atoms in total. The molecular formula is C14H15FN2OS. The molecule has 2 aromatic rings. The Hall–Kier alpha value is -1.46. The number of aromatic nitrogens is 1. The number of halogens is 1. The van der Waals surface area contributed by atoms with Gasteiger partial charge >= 0.3 is 0 Å². The van der Waals surface area contributed by atoms with Crippen LogP contribution >= 0.6 is 11.3 Å². The Bertz CT molecular complexity index is 537. The van der Waals surface area contributed by atoms with Gasteiger partial charge in [0.15, 0.2) is 0 Å². The average Bonchev–Trinajstić information content (AvgIpc) is 3.15. The molecule has 1 aromatic heterocycles. The SMILES string of the molecule is Fc1ccc(OCc2csc(CNC3CC3)n2)cc1. The van der Waals surface area contributed by atoms with Crippen LogP contribution in [0.1, 0.15) is 23.5 Å². The molecule has 0 bridgehead atoms. The second kappa shape index (κ2) is 5.67. The second-order valence-electron chi connectivity index (χ2n) is 4.63. The molecule has 1 heterocycles. The summed E-state index contributed by atoms with van der Waals surface area (Å²) in [5, 5.41) is 6.53. The number of rotatable bonds is 6. The monoisotopic (exact) mass is 278 g/mol. The van der Waals surface area contributed by atoms with Crippen molar-refractivity contribution < 1.29 is 9.13 Å². The third-order valence-corrected chi connectivity index (χ3v) is 3.82. The first-order chi connectivity index (χ1) is 9.29. The maximum atomic E-state index is 12.7. The largest absolute Gasteiger partial charge is 0.487 e. The molecule has 1 aromatic carbocycles. The third-order valence-electron chi connectivity index (χ3n) is 2.92. The molecule has 3 rings (SSSR count). The molecule has 1 fully saturated rings. The van der Waals surface area contributed by atoms with Crippen molar-refractivity contribution in [3.05, 3.63) is 46.2 Å². The van der Waals surface area contributed by atoms with Gasteiger partial charge in [-0.3, -0.25) is 0 Å². The fraction of sp³-hybridized carbons (Fsp3) is 0.357. The maximum absolute atomic E-state index is 12.7. The molecule has 0 unspecified atom stereocenters. The summed E-state index contributed by atoms with van der Waals surface area (Å²) in [5.74, 6) is 0.404. The second-order valence-corrected chi connectivity index (χ2v) is 5.57. The molecule has 0 radical (unpaired) electrons. The van der Waals surface area contributed by atoms with Crippen LogP contribution in [0.15, 0.2) is 29.6 Å². The normalized spacial score (nSPS) is 14.6. The minimum Gasteiger partial charge on any atom is -0.487 e. The van der Waals surface area contributed by atoms with Crippen LogP contribution in [0, 0.1) is 5.82 Å². The van der Waals surface area contributed by atoms with E-state index in [1.807, 2.05) is 5.38 Å². The van der Waals surface area contributed by atoms with Gasteiger partial charge in [-0.1, -0.05) is 0 Å². The van der Waals surface area contributed by atoms with Crippen molar-refractivity contribution in [3.8, 4) is 5.75 Å². The summed E-state index contributed by atoms with van der Waals surface area (Å²) in [5.41, 5.74) is 0.918. The Balaban J connectivity index is 1.50. The van der Waals surface area contributed by atoms with E-state index in [0.29, 0.717) is 18.4 Å². The van der Waals surface area contributed by atoms with Crippen molar-refractivity contribution in [2.75, 3.05) is 0 Å². The summed E-state index contributed by atoms with van der Waals surface area (Å²) in [7, 11) is 0. The van der Waals surface area contributed by atoms with Gasteiger partial charge in [-0.05, 0) is 37.1 Å². The van der Waals surface area contributed by atoms with Crippen LogP contribution in [0.5, 0.6) is 5.75 Å². The standard InChI is InChI=1S/C14H15FN2OS/c15-10-1-5-13(6-2-10)18-8-12-9-19-14(17-12)7-16-11-3-4-11/h1-2,5-6,9,11,16H,3-4,7-8H2. The van der Waals surface area contributed by atoms with Gasteiger partial charge in [0.1, 0.15) is 23.2 Å². The van der Waals surface area contributed by atoms with E-state index in [0.717, 1.165) is 17.2 Å². The van der Waals surface area contributed by atoms with Gasteiger partial charge in [-0.2, -0.15) is 0 Å². The van der Waals surface area contributed by atoms with Crippen LogP contribution in [0.25, 0.3) is 0 Å². The minimum absolute atomic E-state index is 0.255. The van der Waals surface area contributed by atoms with Crippen LogP contribution in [0.4, 0.5) is 4.39 Å². The average molecular weight is 278 g/mol.